The van der Waals surface area contributed by atoms with Crippen molar-refractivity contribution in [3.8, 4) is 28.5 Å². The SMILES string of the molecule is Cc1nnc2ccc(-c3cccc(NC(=O)C(C)Oc4ccc5c(c4)OCO5)c3)nn12. The quantitative estimate of drug-likeness (QED) is 0.532. The highest BCUT2D eigenvalue weighted by atomic mass is 16.7. The molecule has 0 saturated heterocycles. The zero-order valence-electron chi connectivity index (χ0n) is 16.9. The number of hydrogen-bond donors (Lipinski definition) is 1. The third-order valence-electron chi connectivity index (χ3n) is 4.87. The first-order valence-corrected chi connectivity index (χ1v) is 9.73. The fraction of sp³-hybridized carbons (Fsp3) is 0.182. The molecule has 9 heteroatoms. The predicted octanol–water partition coefficient (Wildman–Crippen LogP) is 3.23. The minimum Gasteiger partial charge on any atom is -0.481 e. The largest absolute Gasteiger partial charge is 0.481 e. The molecular formula is C22H19N5O4. The Hall–Kier alpha value is -4.14. The lowest BCUT2D eigenvalue weighted by molar-refractivity contribution is -0.122. The number of carbonyl (C=O) groups excluding carboxylic acids is 1. The Kier molecular flexibility index (Phi) is 4.62. The van der Waals surface area contributed by atoms with E-state index >= 15 is 0 Å². The molecule has 9 nitrogen and oxygen atoms in total. The number of hydrogen-bond acceptors (Lipinski definition) is 7. The van der Waals surface area contributed by atoms with Gasteiger partial charge in [-0.3, -0.25) is 4.79 Å². The van der Waals surface area contributed by atoms with E-state index in [0.29, 0.717) is 34.4 Å². The minimum atomic E-state index is -0.710. The van der Waals surface area contributed by atoms with E-state index in [1.807, 2.05) is 43.3 Å². The molecule has 2 aromatic carbocycles. The lowest BCUT2D eigenvalue weighted by Crippen LogP contribution is -2.30. The standard InChI is InChI=1S/C22H19N5O4/c1-13(31-17-6-8-19-20(11-17)30-12-29-19)22(28)23-16-5-3-4-15(10-16)18-7-9-21-25-24-14(2)27(21)26-18/h3-11,13H,12H2,1-2H3,(H,23,28). The number of fused-ring (bicyclic) bond motifs is 2. The van der Waals surface area contributed by atoms with Gasteiger partial charge in [-0.25, -0.2) is 0 Å². The van der Waals surface area contributed by atoms with E-state index < -0.39 is 6.10 Å². The lowest BCUT2D eigenvalue weighted by Gasteiger charge is -2.15. The van der Waals surface area contributed by atoms with Crippen molar-refractivity contribution < 1.29 is 19.0 Å². The number of ether oxygens (including phenoxy) is 3. The van der Waals surface area contributed by atoms with Crippen molar-refractivity contribution in [2.45, 2.75) is 20.0 Å². The number of aryl methyl sites for hydroxylation is 1. The molecule has 3 heterocycles. The number of benzene rings is 2. The molecule has 1 atom stereocenters. The topological polar surface area (TPSA) is 99.9 Å². The number of amides is 1. The van der Waals surface area contributed by atoms with Gasteiger partial charge in [-0.15, -0.1) is 10.2 Å². The molecular weight excluding hydrogens is 398 g/mol. The van der Waals surface area contributed by atoms with Crippen LogP contribution in [0.15, 0.2) is 54.6 Å². The van der Waals surface area contributed by atoms with Crippen LogP contribution in [0.2, 0.25) is 0 Å². The van der Waals surface area contributed by atoms with E-state index in [2.05, 4.69) is 20.6 Å². The third-order valence-corrected chi connectivity index (χ3v) is 4.87. The van der Waals surface area contributed by atoms with Gasteiger partial charge in [-0.2, -0.15) is 9.61 Å². The van der Waals surface area contributed by atoms with Crippen LogP contribution in [0, 0.1) is 6.92 Å². The van der Waals surface area contributed by atoms with Crippen LogP contribution in [-0.2, 0) is 4.79 Å². The Labute approximate surface area is 177 Å². The molecule has 0 radical (unpaired) electrons. The fourth-order valence-electron chi connectivity index (χ4n) is 3.26. The van der Waals surface area contributed by atoms with Gasteiger partial charge in [0, 0.05) is 17.3 Å². The lowest BCUT2D eigenvalue weighted by atomic mass is 10.1. The number of nitrogens with zero attached hydrogens (tertiary/aromatic N) is 4. The van der Waals surface area contributed by atoms with Crippen molar-refractivity contribution in [1.29, 1.82) is 0 Å². The van der Waals surface area contributed by atoms with Crippen molar-refractivity contribution in [3.63, 3.8) is 0 Å². The summed E-state index contributed by atoms with van der Waals surface area (Å²) in [6.07, 6.45) is -0.710. The van der Waals surface area contributed by atoms with E-state index in [4.69, 9.17) is 14.2 Å². The maximum absolute atomic E-state index is 12.7. The van der Waals surface area contributed by atoms with Crippen LogP contribution in [0.4, 0.5) is 5.69 Å². The molecule has 0 saturated carbocycles. The molecule has 0 spiro atoms. The van der Waals surface area contributed by atoms with Gasteiger partial charge in [-0.1, -0.05) is 12.1 Å². The molecule has 1 amide bonds. The van der Waals surface area contributed by atoms with Crippen LogP contribution in [0.3, 0.4) is 0 Å². The highest BCUT2D eigenvalue weighted by Crippen LogP contribution is 2.35. The van der Waals surface area contributed by atoms with Crippen molar-refractivity contribution in [1.82, 2.24) is 19.8 Å². The van der Waals surface area contributed by atoms with Crippen molar-refractivity contribution in [2.24, 2.45) is 0 Å². The first kappa shape index (κ1) is 18.9. The number of aromatic nitrogens is 4. The number of rotatable bonds is 5. The van der Waals surface area contributed by atoms with Crippen LogP contribution >= 0.6 is 0 Å². The molecule has 1 N–H and O–H groups in total. The van der Waals surface area contributed by atoms with E-state index in [0.717, 1.165) is 11.3 Å². The minimum absolute atomic E-state index is 0.184. The van der Waals surface area contributed by atoms with Gasteiger partial charge in [0.25, 0.3) is 5.91 Å². The summed E-state index contributed by atoms with van der Waals surface area (Å²) in [4.78, 5) is 12.7. The average molecular weight is 417 g/mol. The molecule has 0 fully saturated rings. The summed E-state index contributed by atoms with van der Waals surface area (Å²) in [6, 6.07) is 16.4. The molecule has 2 aromatic heterocycles. The van der Waals surface area contributed by atoms with Crippen molar-refractivity contribution >= 4 is 17.2 Å². The van der Waals surface area contributed by atoms with Crippen LogP contribution in [-0.4, -0.2) is 38.6 Å². The van der Waals surface area contributed by atoms with E-state index in [1.165, 1.54) is 0 Å². The highest BCUT2D eigenvalue weighted by Gasteiger charge is 2.18. The van der Waals surface area contributed by atoms with Gasteiger partial charge in [-0.05, 0) is 50.2 Å². The fourth-order valence-corrected chi connectivity index (χ4v) is 3.26. The molecule has 31 heavy (non-hydrogen) atoms. The molecule has 5 rings (SSSR count). The Morgan fingerprint density at radius 2 is 1.97 bits per heavy atom. The summed E-state index contributed by atoms with van der Waals surface area (Å²) in [5.41, 5.74) is 2.93. The molecule has 0 bridgehead atoms. The molecule has 1 unspecified atom stereocenters. The van der Waals surface area contributed by atoms with Gasteiger partial charge in [0.2, 0.25) is 6.79 Å². The Morgan fingerprint density at radius 3 is 2.87 bits per heavy atom. The van der Waals surface area contributed by atoms with Gasteiger partial charge in [0.15, 0.2) is 29.1 Å². The molecule has 0 aliphatic carbocycles. The smallest absolute Gasteiger partial charge is 0.265 e. The highest BCUT2D eigenvalue weighted by molar-refractivity contribution is 5.94. The molecule has 1 aliphatic rings. The Balaban J connectivity index is 1.30. The summed E-state index contributed by atoms with van der Waals surface area (Å²) in [6.45, 7) is 3.72. The normalized spacial score (nSPS) is 13.2. The number of nitrogens with one attached hydrogen (secondary N) is 1. The predicted molar refractivity (Wildman–Crippen MR) is 112 cm³/mol. The summed E-state index contributed by atoms with van der Waals surface area (Å²) in [7, 11) is 0. The average Bonchev–Trinajstić information content (AvgIpc) is 3.40. The molecule has 156 valence electrons. The summed E-state index contributed by atoms with van der Waals surface area (Å²) in [5.74, 6) is 2.23. The van der Waals surface area contributed by atoms with Crippen LogP contribution in [0.1, 0.15) is 12.7 Å². The second kappa shape index (κ2) is 7.60. The molecule has 4 aromatic rings. The third kappa shape index (κ3) is 3.73. The summed E-state index contributed by atoms with van der Waals surface area (Å²) >= 11 is 0. The van der Waals surface area contributed by atoms with E-state index in [9.17, 15) is 4.79 Å². The van der Waals surface area contributed by atoms with Gasteiger partial charge >= 0.3 is 0 Å². The maximum atomic E-state index is 12.7. The van der Waals surface area contributed by atoms with Gasteiger partial charge in [0.1, 0.15) is 5.75 Å². The first-order chi connectivity index (χ1) is 15.1. The van der Waals surface area contributed by atoms with Crippen LogP contribution < -0.4 is 19.5 Å². The summed E-state index contributed by atoms with van der Waals surface area (Å²) in [5, 5.41) is 15.5. The second-order valence-electron chi connectivity index (χ2n) is 7.08. The van der Waals surface area contributed by atoms with E-state index in [-0.39, 0.29) is 12.7 Å². The Bertz CT molecular complexity index is 1290. The second-order valence-corrected chi connectivity index (χ2v) is 7.08. The maximum Gasteiger partial charge on any atom is 0.265 e. The first-order valence-electron chi connectivity index (χ1n) is 9.73. The monoisotopic (exact) mass is 417 g/mol. The zero-order valence-corrected chi connectivity index (χ0v) is 16.9. The van der Waals surface area contributed by atoms with Crippen molar-refractivity contribution in [2.75, 3.05) is 12.1 Å². The Morgan fingerprint density at radius 1 is 1.10 bits per heavy atom. The van der Waals surface area contributed by atoms with Crippen LogP contribution in [0.25, 0.3) is 16.9 Å². The van der Waals surface area contributed by atoms with Crippen LogP contribution in [0.5, 0.6) is 17.2 Å². The van der Waals surface area contributed by atoms with Gasteiger partial charge in [0.05, 0.1) is 5.69 Å². The number of anilines is 1. The van der Waals surface area contributed by atoms with Crippen molar-refractivity contribution in [3.05, 3.63) is 60.4 Å². The number of carbonyl (C=O) groups is 1. The summed E-state index contributed by atoms with van der Waals surface area (Å²) < 4.78 is 18.1. The van der Waals surface area contributed by atoms with Gasteiger partial charge < -0.3 is 19.5 Å². The molecule has 1 aliphatic heterocycles. The zero-order chi connectivity index (χ0) is 21.4. The van der Waals surface area contributed by atoms with E-state index in [1.54, 1.807) is 29.6 Å².